The molecular weight excluding hydrogens is 278 g/mol. The largest absolute Gasteiger partial charge is 0.495 e. The van der Waals surface area contributed by atoms with E-state index < -0.39 is 11.9 Å². The van der Waals surface area contributed by atoms with Crippen LogP contribution >= 0.6 is 24.4 Å². The van der Waals surface area contributed by atoms with E-state index in [1.165, 1.54) is 13.2 Å². The lowest BCUT2D eigenvalue weighted by Crippen LogP contribution is -2.34. The Hall–Kier alpha value is -1.60. The number of ether oxygens (including phenoxy) is 1. The number of thiol groups is 1. The molecule has 6 nitrogen and oxygen atoms in total. The SMILES string of the molecule is COc1ccc(Cl)cc1NC(=O)N(S)CC(N)=O. The molecule has 0 bridgehead atoms. The molecule has 3 N–H and O–H groups in total. The van der Waals surface area contributed by atoms with Crippen molar-refractivity contribution in [2.24, 2.45) is 5.73 Å². The number of carbonyl (C=O) groups excluding carboxylic acids is 2. The van der Waals surface area contributed by atoms with E-state index >= 15 is 0 Å². The van der Waals surface area contributed by atoms with E-state index in [1.807, 2.05) is 0 Å². The Balaban J connectivity index is 2.80. The van der Waals surface area contributed by atoms with Crippen LogP contribution in [0.15, 0.2) is 18.2 Å². The summed E-state index contributed by atoms with van der Waals surface area (Å²) in [5.41, 5.74) is 5.32. The fourth-order valence-electron chi connectivity index (χ4n) is 1.18. The Morgan fingerprint density at radius 1 is 1.56 bits per heavy atom. The van der Waals surface area contributed by atoms with E-state index in [9.17, 15) is 9.59 Å². The first-order valence-electron chi connectivity index (χ1n) is 4.83. The maximum absolute atomic E-state index is 11.7. The number of benzene rings is 1. The summed E-state index contributed by atoms with van der Waals surface area (Å²) in [6, 6.07) is 4.13. The molecule has 0 unspecified atom stereocenters. The number of anilines is 1. The number of primary amides is 1. The van der Waals surface area contributed by atoms with Gasteiger partial charge in [0.15, 0.2) is 0 Å². The summed E-state index contributed by atoms with van der Waals surface area (Å²) in [6.07, 6.45) is 0. The lowest BCUT2D eigenvalue weighted by atomic mass is 10.3. The van der Waals surface area contributed by atoms with Gasteiger partial charge in [0.2, 0.25) is 5.91 Å². The number of hydrogen-bond acceptors (Lipinski definition) is 4. The molecule has 1 rings (SSSR count). The van der Waals surface area contributed by atoms with Crippen LogP contribution in [0.3, 0.4) is 0 Å². The fraction of sp³-hybridized carbons (Fsp3) is 0.200. The number of hydrogen-bond donors (Lipinski definition) is 3. The summed E-state index contributed by atoms with van der Waals surface area (Å²) in [5, 5.41) is 2.94. The minimum absolute atomic E-state index is 0.308. The van der Waals surface area contributed by atoms with Gasteiger partial charge in [-0.1, -0.05) is 24.4 Å². The monoisotopic (exact) mass is 289 g/mol. The van der Waals surface area contributed by atoms with Crippen LogP contribution in [0.5, 0.6) is 5.75 Å². The molecule has 0 aliphatic rings. The van der Waals surface area contributed by atoms with Crippen LogP contribution in [0.2, 0.25) is 5.02 Å². The van der Waals surface area contributed by atoms with Gasteiger partial charge in [-0.3, -0.25) is 9.10 Å². The van der Waals surface area contributed by atoms with E-state index in [0.717, 1.165) is 4.31 Å². The third-order valence-electron chi connectivity index (χ3n) is 1.94. The number of methoxy groups -OCH3 is 1. The smallest absolute Gasteiger partial charge is 0.332 e. The van der Waals surface area contributed by atoms with Gasteiger partial charge in [0.05, 0.1) is 12.8 Å². The Labute approximate surface area is 115 Å². The normalized spacial score (nSPS) is 9.72. The van der Waals surface area contributed by atoms with E-state index in [0.29, 0.717) is 16.5 Å². The standard InChI is InChI=1S/C10H12ClN3O3S/c1-17-8-3-2-6(11)4-7(8)13-10(16)14(18)5-9(12)15/h2-4,18H,5H2,1H3,(H2,12,15)(H,13,16). The van der Waals surface area contributed by atoms with Crippen molar-refractivity contribution >= 4 is 42.0 Å². The van der Waals surface area contributed by atoms with Crippen molar-refractivity contribution in [3.8, 4) is 5.75 Å². The molecule has 0 aliphatic heterocycles. The molecular formula is C10H12ClN3O3S. The molecule has 0 aromatic heterocycles. The second-order valence-electron chi connectivity index (χ2n) is 3.30. The van der Waals surface area contributed by atoms with Crippen molar-refractivity contribution in [1.29, 1.82) is 0 Å². The summed E-state index contributed by atoms with van der Waals surface area (Å²) >= 11 is 9.64. The molecule has 1 aromatic rings. The highest BCUT2D eigenvalue weighted by atomic mass is 35.5. The fourth-order valence-corrected chi connectivity index (χ4v) is 1.54. The number of amides is 3. The van der Waals surface area contributed by atoms with Crippen LogP contribution in [-0.2, 0) is 4.79 Å². The minimum atomic E-state index is -0.668. The van der Waals surface area contributed by atoms with Crippen LogP contribution in [0.25, 0.3) is 0 Å². The molecule has 18 heavy (non-hydrogen) atoms. The molecule has 8 heteroatoms. The molecule has 0 spiro atoms. The molecule has 0 radical (unpaired) electrons. The highest BCUT2D eigenvalue weighted by Gasteiger charge is 2.14. The predicted molar refractivity (Wildman–Crippen MR) is 71.9 cm³/mol. The summed E-state index contributed by atoms with van der Waals surface area (Å²) in [4.78, 5) is 22.3. The first-order chi connectivity index (χ1) is 8.43. The van der Waals surface area contributed by atoms with Gasteiger partial charge in [-0.15, -0.1) is 0 Å². The zero-order valence-corrected chi connectivity index (χ0v) is 11.2. The zero-order chi connectivity index (χ0) is 13.7. The Kier molecular flexibility index (Phi) is 5.11. The lowest BCUT2D eigenvalue weighted by Gasteiger charge is -2.16. The molecule has 0 saturated carbocycles. The third kappa shape index (κ3) is 4.01. The van der Waals surface area contributed by atoms with Crippen molar-refractivity contribution in [2.45, 2.75) is 0 Å². The first-order valence-corrected chi connectivity index (χ1v) is 5.61. The highest BCUT2D eigenvalue weighted by molar-refractivity contribution is 7.78. The third-order valence-corrected chi connectivity index (χ3v) is 2.50. The van der Waals surface area contributed by atoms with Gasteiger partial charge in [-0.25, -0.2) is 4.79 Å². The van der Waals surface area contributed by atoms with Crippen LogP contribution in [0.4, 0.5) is 10.5 Å². The van der Waals surface area contributed by atoms with Crippen LogP contribution < -0.4 is 15.8 Å². The van der Waals surface area contributed by atoms with Gasteiger partial charge in [-0.2, -0.15) is 0 Å². The zero-order valence-electron chi connectivity index (χ0n) is 9.51. The lowest BCUT2D eigenvalue weighted by molar-refractivity contribution is -0.117. The van der Waals surface area contributed by atoms with Crippen molar-refractivity contribution < 1.29 is 14.3 Å². The van der Waals surface area contributed by atoms with Gasteiger partial charge in [-0.05, 0) is 18.2 Å². The molecule has 98 valence electrons. The summed E-state index contributed by atoms with van der Waals surface area (Å²) in [6.45, 7) is -0.308. The van der Waals surface area contributed by atoms with E-state index in [-0.39, 0.29) is 6.54 Å². The summed E-state index contributed by atoms with van der Waals surface area (Å²) in [7, 11) is 1.46. The molecule has 3 amide bonds. The number of halogens is 1. The van der Waals surface area contributed by atoms with E-state index in [1.54, 1.807) is 12.1 Å². The Morgan fingerprint density at radius 2 is 2.22 bits per heavy atom. The number of urea groups is 1. The first kappa shape index (κ1) is 14.5. The summed E-state index contributed by atoms with van der Waals surface area (Å²) in [5.74, 6) is -0.230. The van der Waals surface area contributed by atoms with Gasteiger partial charge in [0, 0.05) is 5.02 Å². The maximum Gasteiger partial charge on any atom is 0.332 e. The van der Waals surface area contributed by atoms with E-state index in [4.69, 9.17) is 22.1 Å². The second kappa shape index (κ2) is 6.36. The van der Waals surface area contributed by atoms with Crippen molar-refractivity contribution in [3.63, 3.8) is 0 Å². The predicted octanol–water partition coefficient (Wildman–Crippen LogP) is 1.51. The molecule has 0 saturated heterocycles. The van der Waals surface area contributed by atoms with Crippen LogP contribution in [0, 0.1) is 0 Å². The quantitative estimate of drug-likeness (QED) is 0.735. The molecule has 0 fully saturated rings. The number of carbonyl (C=O) groups is 2. The average molecular weight is 290 g/mol. The molecule has 0 aliphatic carbocycles. The van der Waals surface area contributed by atoms with Crippen LogP contribution in [-0.4, -0.2) is 29.9 Å². The number of rotatable bonds is 4. The van der Waals surface area contributed by atoms with Gasteiger partial charge in [0.1, 0.15) is 12.3 Å². The van der Waals surface area contributed by atoms with Gasteiger partial charge >= 0.3 is 6.03 Å². The van der Waals surface area contributed by atoms with Gasteiger partial charge in [0.25, 0.3) is 0 Å². The van der Waals surface area contributed by atoms with E-state index in [2.05, 4.69) is 18.1 Å². The number of nitrogens with two attached hydrogens (primary N) is 1. The van der Waals surface area contributed by atoms with Crippen molar-refractivity contribution in [2.75, 3.05) is 19.0 Å². The summed E-state index contributed by atoms with van der Waals surface area (Å²) < 4.78 is 5.90. The van der Waals surface area contributed by atoms with Crippen molar-refractivity contribution in [3.05, 3.63) is 23.2 Å². The van der Waals surface area contributed by atoms with Gasteiger partial charge < -0.3 is 15.8 Å². The van der Waals surface area contributed by atoms with Crippen LogP contribution in [0.1, 0.15) is 0 Å². The highest BCUT2D eigenvalue weighted by Crippen LogP contribution is 2.27. The number of nitrogens with zero attached hydrogens (tertiary/aromatic N) is 1. The number of nitrogens with one attached hydrogen (secondary N) is 1. The maximum atomic E-state index is 11.7. The average Bonchev–Trinajstić information content (AvgIpc) is 2.28. The Bertz CT molecular complexity index is 470. The molecule has 0 heterocycles. The molecule has 0 atom stereocenters. The molecule has 1 aromatic carbocycles. The Morgan fingerprint density at radius 3 is 2.78 bits per heavy atom. The topological polar surface area (TPSA) is 84.7 Å². The second-order valence-corrected chi connectivity index (χ2v) is 4.22. The minimum Gasteiger partial charge on any atom is -0.495 e. The van der Waals surface area contributed by atoms with Crippen molar-refractivity contribution in [1.82, 2.24) is 4.31 Å².